The third kappa shape index (κ3) is 2.77. The van der Waals surface area contributed by atoms with Crippen LogP contribution >= 0.6 is 0 Å². The van der Waals surface area contributed by atoms with Crippen molar-refractivity contribution in [2.45, 2.75) is 64.6 Å². The van der Waals surface area contributed by atoms with E-state index in [0.717, 1.165) is 43.6 Å². The van der Waals surface area contributed by atoms with Gasteiger partial charge in [0.15, 0.2) is 0 Å². The van der Waals surface area contributed by atoms with Gasteiger partial charge in [-0.3, -0.25) is 4.90 Å². The standard InChI is InChI=1S/C16H27N3O/c1-4-13-8-18-16(3,12-6-7-12)11-19(13)10-15-17-9-14(5-2)20-15/h9,12-13,18H,4-8,10-11H2,1-3H3. The van der Waals surface area contributed by atoms with Crippen LogP contribution in [0, 0.1) is 5.92 Å². The van der Waals surface area contributed by atoms with Gasteiger partial charge in [0.05, 0.1) is 12.7 Å². The second-order valence-corrected chi connectivity index (χ2v) is 6.61. The molecule has 0 amide bonds. The van der Waals surface area contributed by atoms with E-state index in [1.54, 1.807) is 0 Å². The van der Waals surface area contributed by atoms with Crippen LogP contribution < -0.4 is 5.32 Å². The average Bonchev–Trinajstić information content (AvgIpc) is 3.21. The van der Waals surface area contributed by atoms with Crippen LogP contribution in [0.15, 0.2) is 10.6 Å². The smallest absolute Gasteiger partial charge is 0.208 e. The normalized spacial score (nSPS) is 31.6. The molecule has 1 aromatic heterocycles. The maximum absolute atomic E-state index is 5.80. The number of aromatic nitrogens is 1. The maximum Gasteiger partial charge on any atom is 0.208 e. The van der Waals surface area contributed by atoms with E-state index in [1.165, 1.54) is 19.3 Å². The van der Waals surface area contributed by atoms with Crippen molar-refractivity contribution in [2.75, 3.05) is 13.1 Å². The molecule has 2 aliphatic rings. The molecule has 0 spiro atoms. The van der Waals surface area contributed by atoms with Gasteiger partial charge >= 0.3 is 0 Å². The van der Waals surface area contributed by atoms with Crippen molar-refractivity contribution >= 4 is 0 Å². The Bertz CT molecular complexity index is 454. The number of oxazole rings is 1. The molecule has 1 saturated heterocycles. The largest absolute Gasteiger partial charge is 0.444 e. The first-order valence-electron chi connectivity index (χ1n) is 8.07. The third-order valence-corrected chi connectivity index (χ3v) is 5.03. The van der Waals surface area contributed by atoms with Gasteiger partial charge in [-0.05, 0) is 32.1 Å². The summed E-state index contributed by atoms with van der Waals surface area (Å²) in [6.07, 6.45) is 6.74. The molecule has 1 aliphatic heterocycles. The Morgan fingerprint density at radius 2 is 2.25 bits per heavy atom. The van der Waals surface area contributed by atoms with Crippen molar-refractivity contribution in [1.82, 2.24) is 15.2 Å². The molecule has 2 fully saturated rings. The fraction of sp³-hybridized carbons (Fsp3) is 0.812. The number of rotatable bonds is 5. The summed E-state index contributed by atoms with van der Waals surface area (Å²) < 4.78 is 5.80. The quantitative estimate of drug-likeness (QED) is 0.898. The lowest BCUT2D eigenvalue weighted by Gasteiger charge is -2.46. The first-order chi connectivity index (χ1) is 9.64. The molecule has 0 bridgehead atoms. The second-order valence-electron chi connectivity index (χ2n) is 6.61. The fourth-order valence-electron chi connectivity index (χ4n) is 3.43. The van der Waals surface area contributed by atoms with Crippen LogP contribution in [0.2, 0.25) is 0 Å². The minimum atomic E-state index is 0.284. The average molecular weight is 277 g/mol. The molecule has 1 saturated carbocycles. The molecule has 1 N–H and O–H groups in total. The highest BCUT2D eigenvalue weighted by atomic mass is 16.4. The summed E-state index contributed by atoms with van der Waals surface area (Å²) in [4.78, 5) is 7.00. The first-order valence-corrected chi connectivity index (χ1v) is 8.07. The fourth-order valence-corrected chi connectivity index (χ4v) is 3.43. The van der Waals surface area contributed by atoms with E-state index in [-0.39, 0.29) is 5.54 Å². The lowest BCUT2D eigenvalue weighted by Crippen LogP contribution is -2.63. The molecule has 2 heterocycles. The molecule has 3 rings (SSSR count). The third-order valence-electron chi connectivity index (χ3n) is 5.03. The molecule has 4 heteroatoms. The number of nitrogens with zero attached hydrogens (tertiary/aromatic N) is 2. The summed E-state index contributed by atoms with van der Waals surface area (Å²) in [6, 6.07) is 0.596. The van der Waals surface area contributed by atoms with Gasteiger partial charge in [0.1, 0.15) is 5.76 Å². The maximum atomic E-state index is 5.80. The molecule has 4 nitrogen and oxygen atoms in total. The molecule has 0 aromatic carbocycles. The van der Waals surface area contributed by atoms with Gasteiger partial charge in [0.2, 0.25) is 5.89 Å². The Morgan fingerprint density at radius 1 is 1.45 bits per heavy atom. The van der Waals surface area contributed by atoms with Crippen LogP contribution in [-0.4, -0.2) is 34.6 Å². The van der Waals surface area contributed by atoms with E-state index in [1.807, 2.05) is 6.20 Å². The summed E-state index contributed by atoms with van der Waals surface area (Å²) in [5, 5.41) is 3.80. The Balaban J connectivity index is 1.70. The highest BCUT2D eigenvalue weighted by Crippen LogP contribution is 2.41. The molecule has 2 unspecified atom stereocenters. The van der Waals surface area contributed by atoms with Crippen molar-refractivity contribution in [3.63, 3.8) is 0 Å². The second kappa shape index (κ2) is 5.49. The van der Waals surface area contributed by atoms with E-state index in [2.05, 4.69) is 36.0 Å². The van der Waals surface area contributed by atoms with Crippen molar-refractivity contribution in [3.05, 3.63) is 17.8 Å². The van der Waals surface area contributed by atoms with E-state index in [9.17, 15) is 0 Å². The van der Waals surface area contributed by atoms with Gasteiger partial charge in [-0.2, -0.15) is 0 Å². The van der Waals surface area contributed by atoms with Crippen LogP contribution in [0.4, 0.5) is 0 Å². The van der Waals surface area contributed by atoms with Crippen LogP contribution in [0.25, 0.3) is 0 Å². The predicted molar refractivity (Wildman–Crippen MR) is 79.5 cm³/mol. The van der Waals surface area contributed by atoms with Gasteiger partial charge in [-0.25, -0.2) is 4.98 Å². The minimum Gasteiger partial charge on any atom is -0.444 e. The van der Waals surface area contributed by atoms with Crippen molar-refractivity contribution in [3.8, 4) is 0 Å². The molecule has 20 heavy (non-hydrogen) atoms. The van der Waals surface area contributed by atoms with Gasteiger partial charge in [0, 0.05) is 31.1 Å². The van der Waals surface area contributed by atoms with Crippen molar-refractivity contribution < 1.29 is 4.42 Å². The summed E-state index contributed by atoms with van der Waals surface area (Å²) >= 11 is 0. The lowest BCUT2D eigenvalue weighted by atomic mass is 9.90. The number of hydrogen-bond donors (Lipinski definition) is 1. The molecule has 112 valence electrons. The minimum absolute atomic E-state index is 0.284. The SMILES string of the molecule is CCc1cnc(CN2CC(C)(C3CC3)NCC2CC)o1. The number of nitrogens with one attached hydrogen (secondary N) is 1. The Morgan fingerprint density at radius 3 is 2.85 bits per heavy atom. The van der Waals surface area contributed by atoms with Gasteiger partial charge in [-0.15, -0.1) is 0 Å². The molecule has 0 radical (unpaired) electrons. The van der Waals surface area contributed by atoms with Crippen LogP contribution in [-0.2, 0) is 13.0 Å². The zero-order valence-electron chi connectivity index (χ0n) is 13.0. The lowest BCUT2D eigenvalue weighted by molar-refractivity contribution is 0.0594. The highest BCUT2D eigenvalue weighted by molar-refractivity contribution is 5.05. The summed E-state index contributed by atoms with van der Waals surface area (Å²) in [5.74, 6) is 2.73. The monoisotopic (exact) mass is 277 g/mol. The van der Waals surface area contributed by atoms with Crippen molar-refractivity contribution in [2.24, 2.45) is 5.92 Å². The summed E-state index contributed by atoms with van der Waals surface area (Å²) in [6.45, 7) is 9.81. The molecule has 2 atom stereocenters. The van der Waals surface area contributed by atoms with Crippen molar-refractivity contribution in [1.29, 1.82) is 0 Å². The summed E-state index contributed by atoms with van der Waals surface area (Å²) in [7, 11) is 0. The molecular weight excluding hydrogens is 250 g/mol. The van der Waals surface area contributed by atoms with Crippen LogP contribution in [0.1, 0.15) is 51.7 Å². The topological polar surface area (TPSA) is 41.3 Å². The number of hydrogen-bond acceptors (Lipinski definition) is 4. The number of aryl methyl sites for hydroxylation is 1. The molecule has 1 aliphatic carbocycles. The van der Waals surface area contributed by atoms with Gasteiger partial charge in [0.25, 0.3) is 0 Å². The van der Waals surface area contributed by atoms with E-state index in [4.69, 9.17) is 4.42 Å². The van der Waals surface area contributed by atoms with Crippen LogP contribution in [0.5, 0.6) is 0 Å². The zero-order valence-corrected chi connectivity index (χ0v) is 13.0. The predicted octanol–water partition coefficient (Wildman–Crippen LogP) is 2.59. The van der Waals surface area contributed by atoms with E-state index >= 15 is 0 Å². The van der Waals surface area contributed by atoms with Crippen LogP contribution in [0.3, 0.4) is 0 Å². The Kier molecular flexibility index (Phi) is 3.87. The van der Waals surface area contributed by atoms with Gasteiger partial charge in [-0.1, -0.05) is 13.8 Å². The first kappa shape index (κ1) is 14.1. The zero-order chi connectivity index (χ0) is 14.2. The van der Waals surface area contributed by atoms with Gasteiger partial charge < -0.3 is 9.73 Å². The molecular formula is C16H27N3O. The number of piperazine rings is 1. The Labute approximate surface area is 121 Å². The van der Waals surface area contributed by atoms with E-state index in [0.29, 0.717) is 6.04 Å². The highest BCUT2D eigenvalue weighted by Gasteiger charge is 2.45. The Hall–Kier alpha value is -0.870. The van der Waals surface area contributed by atoms with E-state index < -0.39 is 0 Å². The summed E-state index contributed by atoms with van der Waals surface area (Å²) in [5.41, 5.74) is 0.284. The molecule has 1 aromatic rings.